The highest BCUT2D eigenvalue weighted by Crippen LogP contribution is 2.08. The Morgan fingerprint density at radius 3 is 3.00 bits per heavy atom. The van der Waals surface area contributed by atoms with Crippen LogP contribution < -0.4 is 10.6 Å². The van der Waals surface area contributed by atoms with E-state index in [2.05, 4.69) is 22.1 Å². The van der Waals surface area contributed by atoms with Gasteiger partial charge in [0.15, 0.2) is 5.11 Å². The van der Waals surface area contributed by atoms with Gasteiger partial charge in [-0.2, -0.15) is 11.3 Å². The van der Waals surface area contributed by atoms with Crippen LogP contribution in [-0.4, -0.2) is 37.4 Å². The van der Waals surface area contributed by atoms with Crippen LogP contribution in [0.15, 0.2) is 28.1 Å². The Hall–Kier alpha value is -1.44. The molecular formula is C14H18N2O3S2. The van der Waals surface area contributed by atoms with E-state index in [9.17, 15) is 4.79 Å². The Bertz CT molecular complexity index is 526. The fourth-order valence-electron chi connectivity index (χ4n) is 1.82. The van der Waals surface area contributed by atoms with E-state index in [-0.39, 0.29) is 12.6 Å². The van der Waals surface area contributed by atoms with Crippen LogP contribution in [0.2, 0.25) is 0 Å². The number of esters is 1. The molecule has 1 aromatic rings. The number of hydrogen-bond acceptors (Lipinski definition) is 5. The fraction of sp³-hybridized carbons (Fsp3) is 0.429. The lowest BCUT2D eigenvalue weighted by Crippen LogP contribution is -2.43. The zero-order chi connectivity index (χ0) is 15.1. The van der Waals surface area contributed by atoms with Crippen molar-refractivity contribution in [3.05, 3.63) is 33.7 Å². The molecule has 0 fully saturated rings. The number of ether oxygens (including phenoxy) is 2. The topological polar surface area (TPSA) is 59.6 Å². The smallest absolute Gasteiger partial charge is 0.337 e. The number of hydrogen-bond donors (Lipinski definition) is 2. The zero-order valence-corrected chi connectivity index (χ0v) is 13.4. The van der Waals surface area contributed by atoms with Crippen molar-refractivity contribution in [3.63, 3.8) is 0 Å². The number of allylic oxidation sites excluding steroid dienone is 1. The van der Waals surface area contributed by atoms with Gasteiger partial charge in [-0.25, -0.2) is 4.79 Å². The second-order valence-electron chi connectivity index (χ2n) is 4.54. The minimum Gasteiger partial charge on any atom is -0.460 e. The van der Waals surface area contributed by atoms with Gasteiger partial charge in [0.05, 0.1) is 25.3 Å². The number of rotatable bonds is 7. The van der Waals surface area contributed by atoms with Gasteiger partial charge in [-0.1, -0.05) is 0 Å². The SMILES string of the molecule is CC1=C(C(=O)OCCOCCc2ccsc2)CNC(=S)N1. The predicted octanol–water partition coefficient (Wildman–Crippen LogP) is 1.60. The molecule has 0 bridgehead atoms. The van der Waals surface area contributed by atoms with Crippen LogP contribution >= 0.6 is 23.6 Å². The molecule has 5 nitrogen and oxygen atoms in total. The summed E-state index contributed by atoms with van der Waals surface area (Å²) in [4.78, 5) is 11.9. The van der Waals surface area contributed by atoms with Crippen LogP contribution in [0.4, 0.5) is 0 Å². The van der Waals surface area contributed by atoms with Gasteiger partial charge in [0.2, 0.25) is 0 Å². The maximum absolute atomic E-state index is 11.9. The minimum atomic E-state index is -0.337. The third-order valence-electron chi connectivity index (χ3n) is 3.00. The highest BCUT2D eigenvalue weighted by atomic mass is 32.1. The van der Waals surface area contributed by atoms with Crippen molar-refractivity contribution < 1.29 is 14.3 Å². The molecule has 21 heavy (non-hydrogen) atoms. The lowest BCUT2D eigenvalue weighted by atomic mass is 10.2. The Morgan fingerprint density at radius 2 is 2.29 bits per heavy atom. The quantitative estimate of drug-likeness (QED) is 0.451. The molecule has 114 valence electrons. The third kappa shape index (κ3) is 5.11. The Morgan fingerprint density at radius 1 is 1.43 bits per heavy atom. The number of nitrogens with one attached hydrogen (secondary N) is 2. The lowest BCUT2D eigenvalue weighted by Gasteiger charge is -2.20. The van der Waals surface area contributed by atoms with Gasteiger partial charge in [-0.05, 0) is 48.0 Å². The molecule has 1 aliphatic heterocycles. The summed E-state index contributed by atoms with van der Waals surface area (Å²) in [5.41, 5.74) is 2.58. The Kier molecular flexibility index (Phi) is 6.16. The van der Waals surface area contributed by atoms with E-state index in [0.29, 0.717) is 30.4 Å². The average molecular weight is 326 g/mol. The predicted molar refractivity (Wildman–Crippen MR) is 86.2 cm³/mol. The van der Waals surface area contributed by atoms with E-state index in [4.69, 9.17) is 21.7 Å². The molecule has 1 aromatic heterocycles. The van der Waals surface area contributed by atoms with Crippen molar-refractivity contribution in [2.24, 2.45) is 0 Å². The second kappa shape index (κ2) is 8.11. The van der Waals surface area contributed by atoms with Crippen molar-refractivity contribution in [3.8, 4) is 0 Å². The summed E-state index contributed by atoms with van der Waals surface area (Å²) >= 11 is 6.64. The van der Waals surface area contributed by atoms with E-state index < -0.39 is 0 Å². The van der Waals surface area contributed by atoms with Gasteiger partial charge in [-0.15, -0.1) is 0 Å². The third-order valence-corrected chi connectivity index (χ3v) is 3.98. The molecular weight excluding hydrogens is 308 g/mol. The highest BCUT2D eigenvalue weighted by molar-refractivity contribution is 7.80. The lowest BCUT2D eigenvalue weighted by molar-refractivity contribution is -0.140. The Labute approximate surface area is 133 Å². The molecule has 7 heteroatoms. The molecule has 1 aliphatic rings. The standard InChI is InChI=1S/C14H18N2O3S2/c1-10-12(8-15-14(20)16-10)13(17)19-6-5-18-4-2-11-3-7-21-9-11/h3,7,9H,2,4-6,8H2,1H3,(H2,15,16,20). The van der Waals surface area contributed by atoms with Crippen molar-refractivity contribution in [1.29, 1.82) is 0 Å². The van der Waals surface area contributed by atoms with Gasteiger partial charge in [0.25, 0.3) is 0 Å². The maximum atomic E-state index is 11.9. The van der Waals surface area contributed by atoms with Gasteiger partial charge < -0.3 is 20.1 Å². The van der Waals surface area contributed by atoms with Crippen molar-refractivity contribution >= 4 is 34.6 Å². The van der Waals surface area contributed by atoms with E-state index in [0.717, 1.165) is 12.1 Å². The molecule has 0 saturated carbocycles. The first-order valence-corrected chi connectivity index (χ1v) is 8.02. The van der Waals surface area contributed by atoms with Crippen LogP contribution in [0.5, 0.6) is 0 Å². The van der Waals surface area contributed by atoms with E-state index >= 15 is 0 Å². The van der Waals surface area contributed by atoms with Crippen molar-refractivity contribution in [2.75, 3.05) is 26.4 Å². The van der Waals surface area contributed by atoms with Crippen LogP contribution in [-0.2, 0) is 20.7 Å². The number of carbonyl (C=O) groups excluding carboxylic acids is 1. The minimum absolute atomic E-state index is 0.254. The first-order valence-electron chi connectivity index (χ1n) is 6.67. The monoisotopic (exact) mass is 326 g/mol. The maximum Gasteiger partial charge on any atom is 0.337 e. The first kappa shape index (κ1) is 15.9. The van der Waals surface area contributed by atoms with Gasteiger partial charge in [-0.3, -0.25) is 0 Å². The van der Waals surface area contributed by atoms with E-state index in [1.165, 1.54) is 5.56 Å². The summed E-state index contributed by atoms with van der Waals surface area (Å²) in [6.07, 6.45) is 0.882. The molecule has 2 heterocycles. The molecule has 0 radical (unpaired) electrons. The summed E-state index contributed by atoms with van der Waals surface area (Å²) in [5.74, 6) is -0.337. The van der Waals surface area contributed by atoms with Crippen LogP contribution in [0, 0.1) is 0 Å². The van der Waals surface area contributed by atoms with Gasteiger partial charge in [0, 0.05) is 5.70 Å². The highest BCUT2D eigenvalue weighted by Gasteiger charge is 2.19. The zero-order valence-electron chi connectivity index (χ0n) is 11.8. The normalized spacial score (nSPS) is 14.6. The number of thiocarbonyl (C=S) groups is 1. The van der Waals surface area contributed by atoms with E-state index in [1.54, 1.807) is 18.3 Å². The first-order chi connectivity index (χ1) is 10.2. The molecule has 0 spiro atoms. The average Bonchev–Trinajstić information content (AvgIpc) is 2.95. The van der Waals surface area contributed by atoms with Gasteiger partial charge in [0.1, 0.15) is 6.61 Å². The molecule has 0 aliphatic carbocycles. The summed E-state index contributed by atoms with van der Waals surface area (Å²) in [5, 5.41) is 10.5. The van der Waals surface area contributed by atoms with Crippen LogP contribution in [0.1, 0.15) is 12.5 Å². The molecule has 0 atom stereocenters. The summed E-state index contributed by atoms with van der Waals surface area (Å²) < 4.78 is 10.6. The van der Waals surface area contributed by atoms with Crippen LogP contribution in [0.25, 0.3) is 0 Å². The van der Waals surface area contributed by atoms with Crippen molar-refractivity contribution in [1.82, 2.24) is 10.6 Å². The number of thiophene rings is 1. The Balaban J connectivity index is 1.61. The molecule has 0 amide bonds. The largest absolute Gasteiger partial charge is 0.460 e. The van der Waals surface area contributed by atoms with Crippen molar-refractivity contribution in [2.45, 2.75) is 13.3 Å². The summed E-state index contributed by atoms with van der Waals surface area (Å²) in [7, 11) is 0. The molecule has 2 N–H and O–H groups in total. The molecule has 0 unspecified atom stereocenters. The van der Waals surface area contributed by atoms with E-state index in [1.807, 2.05) is 5.38 Å². The van der Waals surface area contributed by atoms with Crippen LogP contribution in [0.3, 0.4) is 0 Å². The molecule has 2 rings (SSSR count). The van der Waals surface area contributed by atoms with Gasteiger partial charge >= 0.3 is 5.97 Å². The second-order valence-corrected chi connectivity index (χ2v) is 5.73. The summed E-state index contributed by atoms with van der Waals surface area (Å²) in [6, 6.07) is 2.08. The fourth-order valence-corrected chi connectivity index (χ4v) is 2.75. The molecule has 0 aromatic carbocycles. The summed E-state index contributed by atoms with van der Waals surface area (Å²) in [6.45, 7) is 3.50. The molecule has 0 saturated heterocycles. The number of carbonyl (C=O) groups is 1.